The number of aliphatic hydroxyl groups is 1. The van der Waals surface area contributed by atoms with Gasteiger partial charge in [-0.1, -0.05) is 13.8 Å². The van der Waals surface area contributed by atoms with E-state index in [1.54, 1.807) is 0 Å². The van der Waals surface area contributed by atoms with Crippen molar-refractivity contribution >= 4 is 18.4 Å². The molecule has 0 saturated heterocycles. The van der Waals surface area contributed by atoms with Gasteiger partial charge in [0.05, 0.1) is 0 Å². The van der Waals surface area contributed by atoms with E-state index < -0.39 is 18.1 Å². The molecule has 0 aromatic heterocycles. The lowest BCUT2D eigenvalue weighted by Crippen LogP contribution is -2.41. The molecular formula is C7H16ClNO3. The molecule has 0 heterocycles. The minimum atomic E-state index is -1.43. The van der Waals surface area contributed by atoms with Crippen LogP contribution in [0.1, 0.15) is 20.3 Å². The van der Waals surface area contributed by atoms with E-state index in [1.165, 1.54) is 0 Å². The largest absolute Gasteiger partial charge is 0.479 e. The number of carboxylic acid groups (broad SMARTS) is 1. The average molecular weight is 198 g/mol. The highest BCUT2D eigenvalue weighted by atomic mass is 35.5. The second kappa shape index (κ2) is 6.22. The lowest BCUT2D eigenvalue weighted by atomic mass is 10.0. The van der Waals surface area contributed by atoms with Gasteiger partial charge >= 0.3 is 5.97 Å². The third-order valence-corrected chi connectivity index (χ3v) is 1.40. The quantitative estimate of drug-likeness (QED) is 0.603. The fourth-order valence-electron chi connectivity index (χ4n) is 0.856. The van der Waals surface area contributed by atoms with Gasteiger partial charge in [-0.15, -0.1) is 12.4 Å². The first-order chi connectivity index (χ1) is 4.95. The molecule has 5 heteroatoms. The van der Waals surface area contributed by atoms with Gasteiger partial charge in [0.1, 0.15) is 0 Å². The summed E-state index contributed by atoms with van der Waals surface area (Å²) in [6.45, 7) is 3.85. The summed E-state index contributed by atoms with van der Waals surface area (Å²) in [4.78, 5) is 10.2. The van der Waals surface area contributed by atoms with E-state index in [4.69, 9.17) is 15.9 Å². The predicted molar refractivity (Wildman–Crippen MR) is 48.3 cm³/mol. The van der Waals surface area contributed by atoms with Crippen molar-refractivity contribution in [1.29, 1.82) is 0 Å². The van der Waals surface area contributed by atoms with Gasteiger partial charge in [-0.3, -0.25) is 0 Å². The number of carboxylic acids is 1. The van der Waals surface area contributed by atoms with Gasteiger partial charge in [0, 0.05) is 6.04 Å². The smallest absolute Gasteiger partial charge is 0.334 e. The maximum Gasteiger partial charge on any atom is 0.334 e. The summed E-state index contributed by atoms with van der Waals surface area (Å²) in [6, 6.07) is -0.660. The van der Waals surface area contributed by atoms with Crippen LogP contribution in [0.3, 0.4) is 0 Å². The summed E-state index contributed by atoms with van der Waals surface area (Å²) < 4.78 is 0. The zero-order chi connectivity index (χ0) is 9.02. The van der Waals surface area contributed by atoms with Crippen LogP contribution >= 0.6 is 12.4 Å². The number of rotatable bonds is 4. The van der Waals surface area contributed by atoms with Crippen molar-refractivity contribution in [2.45, 2.75) is 32.4 Å². The van der Waals surface area contributed by atoms with Gasteiger partial charge in [-0.25, -0.2) is 4.79 Å². The van der Waals surface area contributed by atoms with Crippen molar-refractivity contribution in [2.75, 3.05) is 0 Å². The van der Waals surface area contributed by atoms with Crippen LogP contribution in [-0.4, -0.2) is 28.3 Å². The molecule has 0 fully saturated rings. The summed E-state index contributed by atoms with van der Waals surface area (Å²) in [5, 5.41) is 17.3. The van der Waals surface area contributed by atoms with Gasteiger partial charge in [0.15, 0.2) is 6.10 Å². The van der Waals surface area contributed by atoms with Crippen LogP contribution in [-0.2, 0) is 4.79 Å². The Labute approximate surface area is 78.2 Å². The van der Waals surface area contributed by atoms with Gasteiger partial charge in [-0.05, 0) is 12.3 Å². The van der Waals surface area contributed by atoms with E-state index in [9.17, 15) is 4.79 Å². The highest BCUT2D eigenvalue weighted by Crippen LogP contribution is 2.05. The Morgan fingerprint density at radius 1 is 1.50 bits per heavy atom. The standard InChI is InChI=1S/C7H15NO3.ClH/c1-4(2)3-5(8)6(9)7(10)11;/h4-6,9H,3,8H2,1-2H3,(H,10,11);1H/t5-,6+;/m1./s1. The molecule has 0 amide bonds. The van der Waals surface area contributed by atoms with E-state index >= 15 is 0 Å². The first kappa shape index (κ1) is 14.2. The molecule has 0 radical (unpaired) electrons. The molecule has 0 aromatic carbocycles. The number of aliphatic hydroxyl groups excluding tert-OH is 1. The summed E-state index contributed by atoms with van der Waals surface area (Å²) in [6.07, 6.45) is -0.912. The lowest BCUT2D eigenvalue weighted by molar-refractivity contribution is -0.147. The van der Waals surface area contributed by atoms with Crippen LogP contribution in [0.2, 0.25) is 0 Å². The molecule has 0 aliphatic rings. The number of nitrogens with two attached hydrogens (primary N) is 1. The SMILES string of the molecule is CC(C)C[C@@H](N)[C@H](O)C(=O)O.Cl. The van der Waals surface area contributed by atoms with E-state index in [0.29, 0.717) is 12.3 Å². The average Bonchev–Trinajstić information content (AvgIpc) is 1.84. The van der Waals surface area contributed by atoms with Crippen molar-refractivity contribution in [1.82, 2.24) is 0 Å². The first-order valence-electron chi connectivity index (χ1n) is 3.61. The Kier molecular flexibility index (Phi) is 7.37. The maximum absolute atomic E-state index is 10.2. The van der Waals surface area contributed by atoms with Gasteiger partial charge < -0.3 is 15.9 Å². The Bertz CT molecular complexity index is 141. The molecule has 2 atom stereocenters. The second-order valence-corrected chi connectivity index (χ2v) is 3.08. The number of halogens is 1. The van der Waals surface area contributed by atoms with Gasteiger partial charge in [-0.2, -0.15) is 0 Å². The van der Waals surface area contributed by atoms with Crippen molar-refractivity contribution in [3.8, 4) is 0 Å². The molecule has 0 aliphatic heterocycles. The van der Waals surface area contributed by atoms with E-state index in [0.717, 1.165) is 0 Å². The fourth-order valence-corrected chi connectivity index (χ4v) is 0.856. The van der Waals surface area contributed by atoms with E-state index in [-0.39, 0.29) is 12.4 Å². The zero-order valence-corrected chi connectivity index (χ0v) is 8.04. The monoisotopic (exact) mass is 197 g/mol. The topological polar surface area (TPSA) is 83.5 Å². The number of aliphatic carboxylic acids is 1. The highest BCUT2D eigenvalue weighted by Gasteiger charge is 2.22. The molecule has 0 unspecified atom stereocenters. The van der Waals surface area contributed by atoms with Crippen LogP contribution in [0.4, 0.5) is 0 Å². The van der Waals surface area contributed by atoms with Crippen LogP contribution in [0.5, 0.6) is 0 Å². The van der Waals surface area contributed by atoms with E-state index in [1.807, 2.05) is 13.8 Å². The molecule has 4 nitrogen and oxygen atoms in total. The first-order valence-corrected chi connectivity index (χ1v) is 3.61. The van der Waals surface area contributed by atoms with Crippen LogP contribution in [0.25, 0.3) is 0 Å². The molecular weight excluding hydrogens is 182 g/mol. The molecule has 0 aromatic rings. The molecule has 0 rings (SSSR count). The highest BCUT2D eigenvalue weighted by molar-refractivity contribution is 5.85. The second-order valence-electron chi connectivity index (χ2n) is 3.08. The van der Waals surface area contributed by atoms with Crippen molar-refractivity contribution < 1.29 is 15.0 Å². The van der Waals surface area contributed by atoms with Crippen molar-refractivity contribution in [2.24, 2.45) is 11.7 Å². The summed E-state index contributed by atoms with van der Waals surface area (Å²) in [5.74, 6) is -0.947. The van der Waals surface area contributed by atoms with Crippen LogP contribution in [0, 0.1) is 5.92 Å². The summed E-state index contributed by atoms with van der Waals surface area (Å²) in [7, 11) is 0. The molecule has 0 saturated carbocycles. The molecule has 4 N–H and O–H groups in total. The molecule has 74 valence electrons. The van der Waals surface area contributed by atoms with Crippen LogP contribution < -0.4 is 5.73 Å². The van der Waals surface area contributed by atoms with Gasteiger partial charge in [0.25, 0.3) is 0 Å². The summed E-state index contributed by atoms with van der Waals surface area (Å²) in [5.41, 5.74) is 5.39. The van der Waals surface area contributed by atoms with Gasteiger partial charge in [0.2, 0.25) is 0 Å². The number of carbonyl (C=O) groups is 1. The summed E-state index contributed by atoms with van der Waals surface area (Å²) >= 11 is 0. The molecule has 0 spiro atoms. The number of hydrogen-bond donors (Lipinski definition) is 3. The van der Waals surface area contributed by atoms with Crippen molar-refractivity contribution in [3.05, 3.63) is 0 Å². The minimum absolute atomic E-state index is 0. The molecule has 12 heavy (non-hydrogen) atoms. The van der Waals surface area contributed by atoms with E-state index in [2.05, 4.69) is 0 Å². The number of hydrogen-bond acceptors (Lipinski definition) is 3. The van der Waals surface area contributed by atoms with Crippen LogP contribution in [0.15, 0.2) is 0 Å². The minimum Gasteiger partial charge on any atom is -0.479 e. The Hall–Kier alpha value is -0.320. The Morgan fingerprint density at radius 3 is 2.17 bits per heavy atom. The maximum atomic E-state index is 10.2. The third-order valence-electron chi connectivity index (χ3n) is 1.40. The zero-order valence-electron chi connectivity index (χ0n) is 7.23. The fraction of sp³-hybridized carbons (Fsp3) is 0.857. The molecule has 0 bridgehead atoms. The Balaban J connectivity index is 0. The lowest BCUT2D eigenvalue weighted by Gasteiger charge is -2.16. The molecule has 0 aliphatic carbocycles. The van der Waals surface area contributed by atoms with Crippen molar-refractivity contribution in [3.63, 3.8) is 0 Å². The normalized spacial score (nSPS) is 15.1. The third kappa shape index (κ3) is 5.35. The Morgan fingerprint density at radius 2 is 1.92 bits per heavy atom. The predicted octanol–water partition coefficient (Wildman–Crippen LogP) is 0.227.